The third kappa shape index (κ3) is 2.21. The number of hydrogen-bond acceptors (Lipinski definition) is 2. The van der Waals surface area contributed by atoms with E-state index in [-0.39, 0.29) is 0 Å². The number of rotatable bonds is 2. The van der Waals surface area contributed by atoms with Gasteiger partial charge in [0, 0.05) is 25.2 Å². The second-order valence-corrected chi connectivity index (χ2v) is 5.36. The maximum absolute atomic E-state index is 14.1. The quantitative estimate of drug-likeness (QED) is 0.878. The van der Waals surface area contributed by atoms with Crippen molar-refractivity contribution in [2.24, 2.45) is 5.73 Å². The third-order valence-electron chi connectivity index (χ3n) is 3.77. The Morgan fingerprint density at radius 1 is 1.06 bits per heavy atom. The summed E-state index contributed by atoms with van der Waals surface area (Å²) in [5, 5.41) is 0. The fraction of sp³-hybridized carbons (Fsp3) is 0.571. The van der Waals surface area contributed by atoms with Crippen molar-refractivity contribution in [3.8, 4) is 0 Å². The molecular weight excluding hydrogens is 234 g/mol. The van der Waals surface area contributed by atoms with Crippen molar-refractivity contribution in [3.63, 3.8) is 0 Å². The first-order valence-corrected chi connectivity index (χ1v) is 6.40. The number of benzene rings is 1. The molecule has 1 aliphatic carbocycles. The van der Waals surface area contributed by atoms with Gasteiger partial charge in [0.15, 0.2) is 0 Å². The van der Waals surface area contributed by atoms with Crippen LogP contribution in [0, 0.1) is 11.6 Å². The lowest BCUT2D eigenvalue weighted by molar-refractivity contribution is 0.292. The summed E-state index contributed by atoms with van der Waals surface area (Å²) in [6.07, 6.45) is 4.49. The molecule has 4 heteroatoms. The molecule has 0 bridgehead atoms. The van der Waals surface area contributed by atoms with E-state index < -0.39 is 17.2 Å². The molecule has 2 rings (SSSR count). The fourth-order valence-electron chi connectivity index (χ4n) is 2.88. The summed E-state index contributed by atoms with van der Waals surface area (Å²) < 4.78 is 28.1. The maximum Gasteiger partial charge on any atom is 0.147 e. The number of nitrogens with two attached hydrogens (primary N) is 1. The molecule has 2 N–H and O–H groups in total. The Hall–Kier alpha value is -1.16. The summed E-state index contributed by atoms with van der Waals surface area (Å²) in [6, 6.07) is 2.35. The standard InChI is InChI=1S/C14H20F2N2/c1-18(2)13-11(16)7-6-10(15)12(13)14(17)8-4-3-5-9-14/h6-7H,3-5,8-9,17H2,1-2H3. The highest BCUT2D eigenvalue weighted by molar-refractivity contribution is 5.57. The van der Waals surface area contributed by atoms with Crippen LogP contribution in [0.2, 0.25) is 0 Å². The average Bonchev–Trinajstić information content (AvgIpc) is 2.32. The van der Waals surface area contributed by atoms with Gasteiger partial charge in [-0.1, -0.05) is 19.3 Å². The van der Waals surface area contributed by atoms with Gasteiger partial charge >= 0.3 is 0 Å². The number of halogens is 2. The van der Waals surface area contributed by atoms with Crippen molar-refractivity contribution >= 4 is 5.69 Å². The van der Waals surface area contributed by atoms with Gasteiger partial charge in [-0.05, 0) is 25.0 Å². The summed E-state index contributed by atoms with van der Waals surface area (Å²) in [4.78, 5) is 1.61. The lowest BCUT2D eigenvalue weighted by atomic mass is 9.76. The van der Waals surface area contributed by atoms with E-state index in [1.807, 2.05) is 0 Å². The molecule has 0 radical (unpaired) electrons. The third-order valence-corrected chi connectivity index (χ3v) is 3.77. The first-order chi connectivity index (χ1) is 8.46. The monoisotopic (exact) mass is 254 g/mol. The van der Waals surface area contributed by atoms with Crippen LogP contribution in [0.25, 0.3) is 0 Å². The van der Waals surface area contributed by atoms with Crippen LogP contribution in [0.15, 0.2) is 12.1 Å². The first-order valence-electron chi connectivity index (χ1n) is 6.40. The molecule has 0 aromatic heterocycles. The highest BCUT2D eigenvalue weighted by atomic mass is 19.1. The molecule has 1 aromatic rings. The molecule has 0 aliphatic heterocycles. The van der Waals surface area contributed by atoms with Crippen molar-refractivity contribution in [2.45, 2.75) is 37.6 Å². The largest absolute Gasteiger partial charge is 0.375 e. The van der Waals surface area contributed by atoms with Crippen LogP contribution in [0.4, 0.5) is 14.5 Å². The highest BCUT2D eigenvalue weighted by Gasteiger charge is 2.35. The second kappa shape index (κ2) is 4.84. The van der Waals surface area contributed by atoms with Gasteiger partial charge in [0.1, 0.15) is 11.6 Å². The Kier molecular flexibility index (Phi) is 3.57. The van der Waals surface area contributed by atoms with Crippen LogP contribution in [-0.2, 0) is 5.54 Å². The lowest BCUT2D eigenvalue weighted by Crippen LogP contribution is -2.41. The minimum Gasteiger partial charge on any atom is -0.375 e. The van der Waals surface area contributed by atoms with E-state index in [2.05, 4.69) is 0 Å². The summed E-state index contributed by atoms with van der Waals surface area (Å²) in [6.45, 7) is 0. The van der Waals surface area contributed by atoms with Gasteiger partial charge in [-0.3, -0.25) is 0 Å². The molecular formula is C14H20F2N2. The Bertz CT molecular complexity index is 438. The molecule has 1 saturated carbocycles. The number of anilines is 1. The van der Waals surface area contributed by atoms with E-state index in [0.29, 0.717) is 24.1 Å². The smallest absolute Gasteiger partial charge is 0.147 e. The van der Waals surface area contributed by atoms with Gasteiger partial charge in [0.25, 0.3) is 0 Å². The van der Waals surface area contributed by atoms with Gasteiger partial charge in [-0.15, -0.1) is 0 Å². The maximum atomic E-state index is 14.1. The van der Waals surface area contributed by atoms with Crippen LogP contribution < -0.4 is 10.6 Å². The summed E-state index contributed by atoms with van der Waals surface area (Å²) in [7, 11) is 3.43. The van der Waals surface area contributed by atoms with Crippen LogP contribution in [0.3, 0.4) is 0 Å². The Balaban J connectivity index is 2.57. The van der Waals surface area contributed by atoms with Crippen LogP contribution in [0.5, 0.6) is 0 Å². The molecule has 0 atom stereocenters. The normalized spacial score (nSPS) is 18.7. The van der Waals surface area contributed by atoms with Crippen molar-refractivity contribution in [1.29, 1.82) is 0 Å². The highest BCUT2D eigenvalue weighted by Crippen LogP contribution is 2.41. The van der Waals surface area contributed by atoms with Crippen molar-refractivity contribution in [3.05, 3.63) is 29.3 Å². The Labute approximate surface area is 107 Å². The van der Waals surface area contributed by atoms with Gasteiger partial charge in [-0.25, -0.2) is 8.78 Å². The number of hydrogen-bond donors (Lipinski definition) is 1. The van der Waals surface area contributed by atoms with E-state index in [1.165, 1.54) is 12.1 Å². The van der Waals surface area contributed by atoms with Gasteiger partial charge < -0.3 is 10.6 Å². The summed E-state index contributed by atoms with van der Waals surface area (Å²) in [5.41, 5.74) is 6.25. The molecule has 0 saturated heterocycles. The zero-order valence-corrected chi connectivity index (χ0v) is 11.0. The molecule has 1 aliphatic rings. The van der Waals surface area contributed by atoms with Crippen LogP contribution >= 0.6 is 0 Å². The van der Waals surface area contributed by atoms with Gasteiger partial charge in [-0.2, -0.15) is 0 Å². The Morgan fingerprint density at radius 3 is 2.17 bits per heavy atom. The fourth-order valence-corrected chi connectivity index (χ4v) is 2.88. The van der Waals surface area contributed by atoms with E-state index in [1.54, 1.807) is 19.0 Å². The predicted molar refractivity (Wildman–Crippen MR) is 69.6 cm³/mol. The van der Waals surface area contributed by atoms with Crippen molar-refractivity contribution in [1.82, 2.24) is 0 Å². The minimum absolute atomic E-state index is 0.291. The topological polar surface area (TPSA) is 29.3 Å². The van der Waals surface area contributed by atoms with Crippen LogP contribution in [0.1, 0.15) is 37.7 Å². The first kappa shape index (κ1) is 13.3. The van der Waals surface area contributed by atoms with Gasteiger partial charge in [0.05, 0.1) is 5.69 Å². The second-order valence-electron chi connectivity index (χ2n) is 5.36. The molecule has 0 unspecified atom stereocenters. The molecule has 0 amide bonds. The zero-order chi connectivity index (χ0) is 13.3. The zero-order valence-electron chi connectivity index (χ0n) is 11.0. The summed E-state index contributed by atoms with van der Waals surface area (Å²) >= 11 is 0. The number of nitrogens with zero attached hydrogens (tertiary/aromatic N) is 1. The molecule has 1 fully saturated rings. The van der Waals surface area contributed by atoms with Gasteiger partial charge in [0.2, 0.25) is 0 Å². The summed E-state index contributed by atoms with van der Waals surface area (Å²) in [5.74, 6) is -0.809. The molecule has 0 heterocycles. The molecule has 0 spiro atoms. The minimum atomic E-state index is -0.732. The molecule has 100 valence electrons. The van der Waals surface area contributed by atoms with E-state index in [9.17, 15) is 8.78 Å². The van der Waals surface area contributed by atoms with Crippen molar-refractivity contribution < 1.29 is 8.78 Å². The SMILES string of the molecule is CN(C)c1c(F)ccc(F)c1C1(N)CCCCC1. The average molecular weight is 254 g/mol. The molecule has 2 nitrogen and oxygen atoms in total. The van der Waals surface area contributed by atoms with E-state index in [4.69, 9.17) is 5.73 Å². The van der Waals surface area contributed by atoms with E-state index >= 15 is 0 Å². The molecule has 1 aromatic carbocycles. The molecule has 18 heavy (non-hydrogen) atoms. The van der Waals surface area contributed by atoms with Crippen molar-refractivity contribution in [2.75, 3.05) is 19.0 Å². The van der Waals surface area contributed by atoms with E-state index in [0.717, 1.165) is 19.3 Å². The van der Waals surface area contributed by atoms with Crippen LogP contribution in [-0.4, -0.2) is 14.1 Å². The lowest BCUT2D eigenvalue weighted by Gasteiger charge is -2.36. The Morgan fingerprint density at radius 2 is 1.61 bits per heavy atom. The predicted octanol–water partition coefficient (Wildman–Crippen LogP) is 3.15.